The van der Waals surface area contributed by atoms with Crippen LogP contribution < -0.4 is 10.6 Å². The van der Waals surface area contributed by atoms with Crippen LogP contribution in [-0.4, -0.2) is 22.4 Å². The Bertz CT molecular complexity index is 559. The molecule has 0 unspecified atom stereocenters. The van der Waals surface area contributed by atoms with Gasteiger partial charge in [0.2, 0.25) is 11.9 Å². The summed E-state index contributed by atoms with van der Waals surface area (Å²) in [7, 11) is 0. The first-order chi connectivity index (χ1) is 9.65. The normalized spacial score (nSPS) is 10.2. The van der Waals surface area contributed by atoms with Gasteiger partial charge in [0.05, 0.1) is 17.4 Å². The fourth-order valence-corrected chi connectivity index (χ4v) is 1.87. The molecule has 1 aromatic heterocycles. The number of nitrogens with zero attached hydrogens (tertiary/aromatic N) is 3. The Morgan fingerprint density at radius 1 is 1.20 bits per heavy atom. The minimum atomic E-state index is -0.350. The standard InChI is InChI=1S/C14H15ClN4O/c15-12-8-17-14(18-9-12)19(7-6-13(16)20)10-11-4-2-1-3-5-11/h1-5,8-9H,6-7,10H2,(H2,16,20). The van der Waals surface area contributed by atoms with E-state index < -0.39 is 0 Å². The Morgan fingerprint density at radius 3 is 2.45 bits per heavy atom. The summed E-state index contributed by atoms with van der Waals surface area (Å²) < 4.78 is 0. The first kappa shape index (κ1) is 14.3. The van der Waals surface area contributed by atoms with Crippen LogP contribution in [-0.2, 0) is 11.3 Å². The number of hydrogen-bond donors (Lipinski definition) is 1. The van der Waals surface area contributed by atoms with E-state index >= 15 is 0 Å². The van der Waals surface area contributed by atoms with Gasteiger partial charge in [-0.1, -0.05) is 41.9 Å². The van der Waals surface area contributed by atoms with Gasteiger partial charge in [-0.25, -0.2) is 9.97 Å². The van der Waals surface area contributed by atoms with Crippen molar-refractivity contribution < 1.29 is 4.79 Å². The first-order valence-electron chi connectivity index (χ1n) is 6.20. The number of benzene rings is 1. The summed E-state index contributed by atoms with van der Waals surface area (Å²) in [5, 5.41) is 0.475. The van der Waals surface area contributed by atoms with Crippen molar-refractivity contribution in [2.75, 3.05) is 11.4 Å². The van der Waals surface area contributed by atoms with Crippen molar-refractivity contribution in [1.29, 1.82) is 0 Å². The van der Waals surface area contributed by atoms with Gasteiger partial charge in [-0.2, -0.15) is 0 Å². The van der Waals surface area contributed by atoms with Crippen molar-refractivity contribution in [3.63, 3.8) is 0 Å². The van der Waals surface area contributed by atoms with Gasteiger partial charge in [0, 0.05) is 19.5 Å². The maximum absolute atomic E-state index is 11.0. The van der Waals surface area contributed by atoms with Crippen molar-refractivity contribution in [2.24, 2.45) is 5.73 Å². The molecular weight excluding hydrogens is 276 g/mol. The minimum absolute atomic E-state index is 0.249. The number of rotatable bonds is 6. The molecule has 5 nitrogen and oxygen atoms in total. The first-order valence-corrected chi connectivity index (χ1v) is 6.57. The zero-order valence-electron chi connectivity index (χ0n) is 10.9. The van der Waals surface area contributed by atoms with Crippen LogP contribution in [0.1, 0.15) is 12.0 Å². The predicted octanol–water partition coefficient (Wildman–Crippen LogP) is 2.01. The van der Waals surface area contributed by atoms with Crippen molar-refractivity contribution in [2.45, 2.75) is 13.0 Å². The molecule has 0 aliphatic rings. The van der Waals surface area contributed by atoms with Gasteiger partial charge in [0.25, 0.3) is 0 Å². The van der Waals surface area contributed by atoms with Crippen LogP contribution >= 0.6 is 11.6 Å². The van der Waals surface area contributed by atoms with Gasteiger partial charge >= 0.3 is 0 Å². The predicted molar refractivity (Wildman–Crippen MR) is 78.3 cm³/mol. The molecule has 0 aliphatic carbocycles. The third-order valence-corrected chi connectivity index (χ3v) is 2.93. The van der Waals surface area contributed by atoms with E-state index in [-0.39, 0.29) is 12.3 Å². The molecule has 104 valence electrons. The average molecular weight is 291 g/mol. The molecule has 2 aromatic rings. The molecule has 1 heterocycles. The van der Waals surface area contributed by atoms with Gasteiger partial charge in [-0.05, 0) is 5.56 Å². The molecule has 0 saturated heterocycles. The van der Waals surface area contributed by atoms with Crippen LogP contribution in [0.25, 0.3) is 0 Å². The molecule has 0 saturated carbocycles. The molecule has 0 radical (unpaired) electrons. The summed E-state index contributed by atoms with van der Waals surface area (Å²) in [5.41, 5.74) is 6.32. The SMILES string of the molecule is NC(=O)CCN(Cc1ccccc1)c1ncc(Cl)cn1. The Balaban J connectivity index is 2.15. The largest absolute Gasteiger partial charge is 0.370 e. The van der Waals surface area contributed by atoms with E-state index in [2.05, 4.69) is 9.97 Å². The molecule has 1 amide bonds. The van der Waals surface area contributed by atoms with Crippen LogP contribution in [0.2, 0.25) is 5.02 Å². The van der Waals surface area contributed by atoms with Crippen LogP contribution in [0.3, 0.4) is 0 Å². The number of carbonyl (C=O) groups is 1. The van der Waals surface area contributed by atoms with Crippen molar-refractivity contribution >= 4 is 23.5 Å². The number of halogens is 1. The lowest BCUT2D eigenvalue weighted by molar-refractivity contribution is -0.117. The highest BCUT2D eigenvalue weighted by atomic mass is 35.5. The van der Waals surface area contributed by atoms with E-state index in [9.17, 15) is 4.79 Å². The zero-order chi connectivity index (χ0) is 14.4. The van der Waals surface area contributed by atoms with Gasteiger partial charge in [-0.3, -0.25) is 4.79 Å². The third kappa shape index (κ3) is 4.20. The number of anilines is 1. The van der Waals surface area contributed by atoms with Crippen LogP contribution in [0, 0.1) is 0 Å². The fraction of sp³-hybridized carbons (Fsp3) is 0.214. The van der Waals surface area contributed by atoms with E-state index in [1.807, 2.05) is 35.2 Å². The van der Waals surface area contributed by atoms with Crippen molar-refractivity contribution in [3.05, 3.63) is 53.3 Å². The third-order valence-electron chi connectivity index (χ3n) is 2.73. The monoisotopic (exact) mass is 290 g/mol. The number of aromatic nitrogens is 2. The molecule has 0 atom stereocenters. The topological polar surface area (TPSA) is 72.1 Å². The van der Waals surface area contributed by atoms with Crippen LogP contribution in [0.4, 0.5) is 5.95 Å². The summed E-state index contributed by atoms with van der Waals surface area (Å²) in [5.74, 6) is 0.177. The lowest BCUT2D eigenvalue weighted by atomic mass is 10.2. The fourth-order valence-electron chi connectivity index (χ4n) is 1.77. The molecule has 2 rings (SSSR count). The number of amides is 1. The van der Waals surface area contributed by atoms with Crippen molar-refractivity contribution in [3.8, 4) is 0 Å². The van der Waals surface area contributed by atoms with Gasteiger partial charge in [0.15, 0.2) is 0 Å². The summed E-state index contributed by atoms with van der Waals surface area (Å²) >= 11 is 5.79. The summed E-state index contributed by atoms with van der Waals surface area (Å²) in [6.07, 6.45) is 3.32. The smallest absolute Gasteiger partial charge is 0.225 e. The molecule has 1 aromatic carbocycles. The highest BCUT2D eigenvalue weighted by molar-refractivity contribution is 6.30. The van der Waals surface area contributed by atoms with Gasteiger partial charge in [-0.15, -0.1) is 0 Å². The number of carbonyl (C=O) groups excluding carboxylic acids is 1. The van der Waals surface area contributed by atoms with Crippen molar-refractivity contribution in [1.82, 2.24) is 9.97 Å². The Labute approximate surface area is 122 Å². The Morgan fingerprint density at radius 2 is 1.85 bits per heavy atom. The van der Waals surface area contributed by atoms with E-state index in [0.29, 0.717) is 24.1 Å². The number of nitrogens with two attached hydrogens (primary N) is 1. The molecule has 0 aliphatic heterocycles. The Kier molecular flexibility index (Phi) is 4.90. The maximum atomic E-state index is 11.0. The second-order valence-corrected chi connectivity index (χ2v) is 4.76. The second kappa shape index (κ2) is 6.86. The molecular formula is C14H15ClN4O. The minimum Gasteiger partial charge on any atom is -0.370 e. The number of primary amides is 1. The van der Waals surface area contributed by atoms with E-state index in [4.69, 9.17) is 17.3 Å². The Hall–Kier alpha value is -2.14. The molecule has 0 spiro atoms. The quantitative estimate of drug-likeness (QED) is 0.883. The van der Waals surface area contributed by atoms with Crippen LogP contribution in [0.5, 0.6) is 0 Å². The maximum Gasteiger partial charge on any atom is 0.225 e. The molecule has 0 bridgehead atoms. The second-order valence-electron chi connectivity index (χ2n) is 4.32. The van der Waals surface area contributed by atoms with Gasteiger partial charge < -0.3 is 10.6 Å². The van der Waals surface area contributed by atoms with E-state index in [1.54, 1.807) is 0 Å². The highest BCUT2D eigenvalue weighted by Crippen LogP contribution is 2.14. The molecule has 0 fully saturated rings. The lowest BCUT2D eigenvalue weighted by Gasteiger charge is -2.22. The highest BCUT2D eigenvalue weighted by Gasteiger charge is 2.11. The average Bonchev–Trinajstić information content (AvgIpc) is 2.45. The van der Waals surface area contributed by atoms with Gasteiger partial charge in [0.1, 0.15) is 0 Å². The van der Waals surface area contributed by atoms with E-state index in [0.717, 1.165) is 5.56 Å². The zero-order valence-corrected chi connectivity index (χ0v) is 11.6. The van der Waals surface area contributed by atoms with E-state index in [1.165, 1.54) is 12.4 Å². The molecule has 2 N–H and O–H groups in total. The molecule has 6 heteroatoms. The summed E-state index contributed by atoms with van der Waals surface area (Å²) in [4.78, 5) is 21.2. The van der Waals surface area contributed by atoms with Crippen LogP contribution in [0.15, 0.2) is 42.7 Å². The number of hydrogen-bond acceptors (Lipinski definition) is 4. The molecule has 20 heavy (non-hydrogen) atoms. The summed E-state index contributed by atoms with van der Waals surface area (Å²) in [6.45, 7) is 1.07. The summed E-state index contributed by atoms with van der Waals surface area (Å²) in [6, 6.07) is 9.89. The lowest BCUT2D eigenvalue weighted by Crippen LogP contribution is -2.29.